The average molecular weight is 151 g/mol. The van der Waals surface area contributed by atoms with Crippen molar-refractivity contribution in [1.82, 2.24) is 0 Å². The predicted octanol–water partition coefficient (Wildman–Crippen LogP) is 1.94. The Morgan fingerprint density at radius 2 is 2.00 bits per heavy atom. The fourth-order valence-electron chi connectivity index (χ4n) is 2.50. The van der Waals surface area contributed by atoms with Crippen LogP contribution in [-0.2, 0) is 0 Å². The molecule has 2 aliphatic rings. The van der Waals surface area contributed by atoms with Gasteiger partial charge in [0.1, 0.15) is 0 Å². The molecule has 3 atom stereocenters. The van der Waals surface area contributed by atoms with Gasteiger partial charge < -0.3 is 5.73 Å². The standard InChI is InChI=1S/C10H17N/c1-2-3-10(11)9-5-7-4-8(7)6-9/h2,7-10H,1,3-6,11H2. The molecule has 0 bridgehead atoms. The monoisotopic (exact) mass is 151 g/mol. The van der Waals surface area contributed by atoms with Crippen molar-refractivity contribution in [2.75, 3.05) is 0 Å². The molecule has 3 unspecified atom stereocenters. The highest BCUT2D eigenvalue weighted by Gasteiger charge is 2.46. The molecule has 2 N–H and O–H groups in total. The first-order chi connectivity index (χ1) is 5.31. The van der Waals surface area contributed by atoms with Gasteiger partial charge in [0.25, 0.3) is 0 Å². The van der Waals surface area contributed by atoms with E-state index < -0.39 is 0 Å². The van der Waals surface area contributed by atoms with Gasteiger partial charge in [-0.1, -0.05) is 6.08 Å². The van der Waals surface area contributed by atoms with Gasteiger partial charge in [-0.25, -0.2) is 0 Å². The van der Waals surface area contributed by atoms with E-state index in [1.165, 1.54) is 19.3 Å². The van der Waals surface area contributed by atoms with Crippen LogP contribution in [0.25, 0.3) is 0 Å². The van der Waals surface area contributed by atoms with E-state index in [-0.39, 0.29) is 0 Å². The van der Waals surface area contributed by atoms with Crippen molar-refractivity contribution < 1.29 is 0 Å². The zero-order valence-electron chi connectivity index (χ0n) is 7.00. The molecule has 2 saturated carbocycles. The van der Waals surface area contributed by atoms with Gasteiger partial charge in [-0.05, 0) is 43.4 Å². The maximum Gasteiger partial charge on any atom is 0.0102 e. The summed E-state index contributed by atoms with van der Waals surface area (Å²) in [5.41, 5.74) is 6.00. The van der Waals surface area contributed by atoms with E-state index >= 15 is 0 Å². The summed E-state index contributed by atoms with van der Waals surface area (Å²) in [4.78, 5) is 0. The number of hydrogen-bond acceptors (Lipinski definition) is 1. The minimum atomic E-state index is 0.403. The fourth-order valence-corrected chi connectivity index (χ4v) is 2.50. The van der Waals surface area contributed by atoms with E-state index in [4.69, 9.17) is 5.73 Å². The van der Waals surface area contributed by atoms with Crippen LogP contribution >= 0.6 is 0 Å². The molecule has 0 aromatic rings. The Labute approximate surface area is 68.7 Å². The summed E-state index contributed by atoms with van der Waals surface area (Å²) < 4.78 is 0. The first kappa shape index (κ1) is 7.35. The predicted molar refractivity (Wildman–Crippen MR) is 47.1 cm³/mol. The van der Waals surface area contributed by atoms with Gasteiger partial charge in [0.15, 0.2) is 0 Å². The second-order valence-electron chi connectivity index (χ2n) is 4.18. The summed E-state index contributed by atoms with van der Waals surface area (Å²) >= 11 is 0. The van der Waals surface area contributed by atoms with Crippen LogP contribution in [0.3, 0.4) is 0 Å². The van der Waals surface area contributed by atoms with Crippen LogP contribution in [0, 0.1) is 17.8 Å². The van der Waals surface area contributed by atoms with Gasteiger partial charge in [0.2, 0.25) is 0 Å². The summed E-state index contributed by atoms with van der Waals surface area (Å²) in [6.45, 7) is 3.72. The molecule has 1 nitrogen and oxygen atoms in total. The summed E-state index contributed by atoms with van der Waals surface area (Å²) in [5.74, 6) is 2.95. The molecule has 2 fully saturated rings. The van der Waals surface area contributed by atoms with Gasteiger partial charge in [-0.3, -0.25) is 0 Å². The van der Waals surface area contributed by atoms with Crippen molar-refractivity contribution in [3.8, 4) is 0 Å². The Balaban J connectivity index is 1.81. The van der Waals surface area contributed by atoms with Gasteiger partial charge in [0.05, 0.1) is 0 Å². The number of nitrogens with two attached hydrogens (primary N) is 1. The molecule has 0 radical (unpaired) electrons. The largest absolute Gasteiger partial charge is 0.327 e. The minimum Gasteiger partial charge on any atom is -0.327 e. The number of rotatable bonds is 3. The molecule has 11 heavy (non-hydrogen) atoms. The Hall–Kier alpha value is -0.300. The molecule has 0 amide bonds. The lowest BCUT2D eigenvalue weighted by atomic mass is 9.93. The van der Waals surface area contributed by atoms with E-state index in [9.17, 15) is 0 Å². The molecule has 2 rings (SSSR count). The van der Waals surface area contributed by atoms with Crippen molar-refractivity contribution in [3.63, 3.8) is 0 Å². The molecule has 0 spiro atoms. The van der Waals surface area contributed by atoms with Gasteiger partial charge >= 0.3 is 0 Å². The van der Waals surface area contributed by atoms with Crippen molar-refractivity contribution in [1.29, 1.82) is 0 Å². The molecule has 0 heterocycles. The molecule has 0 saturated heterocycles. The Kier molecular flexibility index (Phi) is 1.76. The van der Waals surface area contributed by atoms with Gasteiger partial charge in [-0.15, -0.1) is 6.58 Å². The maximum absolute atomic E-state index is 6.00. The van der Waals surface area contributed by atoms with E-state index in [1.807, 2.05) is 6.08 Å². The topological polar surface area (TPSA) is 26.0 Å². The van der Waals surface area contributed by atoms with E-state index in [0.29, 0.717) is 6.04 Å². The SMILES string of the molecule is C=CCC(N)C1CC2CC2C1. The smallest absolute Gasteiger partial charge is 0.0102 e. The normalized spacial score (nSPS) is 43.2. The van der Waals surface area contributed by atoms with E-state index in [0.717, 1.165) is 24.2 Å². The molecular weight excluding hydrogens is 134 g/mol. The molecule has 62 valence electrons. The van der Waals surface area contributed by atoms with Crippen LogP contribution in [0.4, 0.5) is 0 Å². The summed E-state index contributed by atoms with van der Waals surface area (Å²) in [6, 6.07) is 0.403. The van der Waals surface area contributed by atoms with Crippen LogP contribution in [0.1, 0.15) is 25.7 Å². The van der Waals surface area contributed by atoms with Crippen LogP contribution in [0.15, 0.2) is 12.7 Å². The zero-order valence-corrected chi connectivity index (χ0v) is 7.00. The fraction of sp³-hybridized carbons (Fsp3) is 0.800. The third-order valence-corrected chi connectivity index (χ3v) is 3.32. The van der Waals surface area contributed by atoms with E-state index in [1.54, 1.807) is 0 Å². The first-order valence-electron chi connectivity index (χ1n) is 4.67. The molecule has 1 heteroatoms. The highest BCUT2D eigenvalue weighted by atomic mass is 14.7. The summed E-state index contributed by atoms with van der Waals surface area (Å²) in [7, 11) is 0. The lowest BCUT2D eigenvalue weighted by Crippen LogP contribution is -2.28. The Morgan fingerprint density at radius 1 is 1.36 bits per heavy atom. The Morgan fingerprint density at radius 3 is 2.55 bits per heavy atom. The first-order valence-corrected chi connectivity index (χ1v) is 4.67. The molecule has 0 aromatic heterocycles. The molecule has 2 aliphatic carbocycles. The van der Waals surface area contributed by atoms with Crippen molar-refractivity contribution in [2.45, 2.75) is 31.7 Å². The highest BCUT2D eigenvalue weighted by molar-refractivity contribution is 4.99. The van der Waals surface area contributed by atoms with Crippen molar-refractivity contribution in [3.05, 3.63) is 12.7 Å². The van der Waals surface area contributed by atoms with Crippen molar-refractivity contribution in [2.24, 2.45) is 23.5 Å². The lowest BCUT2D eigenvalue weighted by molar-refractivity contribution is 0.396. The minimum absolute atomic E-state index is 0.403. The summed E-state index contributed by atoms with van der Waals surface area (Å²) in [6.07, 6.45) is 7.26. The molecule has 0 aliphatic heterocycles. The zero-order chi connectivity index (χ0) is 7.84. The molecule has 0 aromatic carbocycles. The Bertz CT molecular complexity index is 154. The van der Waals surface area contributed by atoms with Crippen molar-refractivity contribution >= 4 is 0 Å². The third-order valence-electron chi connectivity index (χ3n) is 3.32. The number of hydrogen-bond donors (Lipinski definition) is 1. The van der Waals surface area contributed by atoms with Crippen LogP contribution in [0.2, 0.25) is 0 Å². The number of fused-ring (bicyclic) bond motifs is 1. The van der Waals surface area contributed by atoms with Gasteiger partial charge in [-0.2, -0.15) is 0 Å². The average Bonchev–Trinajstić information content (AvgIpc) is 2.59. The lowest BCUT2D eigenvalue weighted by Gasteiger charge is -2.18. The van der Waals surface area contributed by atoms with E-state index in [2.05, 4.69) is 6.58 Å². The quantitative estimate of drug-likeness (QED) is 0.613. The van der Waals surface area contributed by atoms with Crippen LogP contribution in [0.5, 0.6) is 0 Å². The second kappa shape index (κ2) is 2.63. The second-order valence-corrected chi connectivity index (χ2v) is 4.18. The third kappa shape index (κ3) is 1.34. The molecular formula is C10H17N. The highest BCUT2D eigenvalue weighted by Crippen LogP contribution is 2.55. The van der Waals surface area contributed by atoms with Crippen LogP contribution < -0.4 is 5.73 Å². The van der Waals surface area contributed by atoms with Gasteiger partial charge in [0, 0.05) is 6.04 Å². The maximum atomic E-state index is 6.00. The summed E-state index contributed by atoms with van der Waals surface area (Å²) in [5, 5.41) is 0. The van der Waals surface area contributed by atoms with Crippen LogP contribution in [-0.4, -0.2) is 6.04 Å².